The van der Waals surface area contributed by atoms with Crippen LogP contribution in [0.3, 0.4) is 0 Å². The molecule has 0 aliphatic heterocycles. The average Bonchev–Trinajstić information content (AvgIpc) is 3.73. The Morgan fingerprint density at radius 2 is 1.45 bits per heavy atom. The van der Waals surface area contributed by atoms with Crippen LogP contribution in [0.4, 0.5) is 0 Å². The van der Waals surface area contributed by atoms with Gasteiger partial charge in [0, 0.05) is 24.7 Å². The first-order valence-corrected chi connectivity index (χ1v) is 21.6. The number of fused-ring (bicyclic) bond motifs is 6. The van der Waals surface area contributed by atoms with Crippen LogP contribution in [0.15, 0.2) is 23.3 Å². The second-order valence-electron chi connectivity index (χ2n) is 19.0. The summed E-state index contributed by atoms with van der Waals surface area (Å²) in [5, 5.41) is 8.55. The van der Waals surface area contributed by atoms with E-state index >= 15 is 0 Å². The third kappa shape index (κ3) is 8.81. The summed E-state index contributed by atoms with van der Waals surface area (Å²) in [4.78, 5) is 36.1. The van der Waals surface area contributed by atoms with Crippen molar-refractivity contribution >= 4 is 17.5 Å². The molecule has 5 fully saturated rings. The molecule has 0 aromatic heterocycles. The molecular formula is C46H74O5. The zero-order chi connectivity index (χ0) is 37.0. The van der Waals surface area contributed by atoms with Crippen LogP contribution in [0.1, 0.15) is 183 Å². The molecule has 0 aromatic carbocycles. The summed E-state index contributed by atoms with van der Waals surface area (Å²) < 4.78 is 6.17. The molecule has 7 rings (SSSR count). The summed E-state index contributed by atoms with van der Waals surface area (Å²) >= 11 is 0. The number of carbonyl (C=O) groups excluding carboxylic acids is 3. The number of aliphatic hydroxyl groups excluding tert-OH is 1. The minimum absolute atomic E-state index is 0.0579. The van der Waals surface area contributed by atoms with Crippen molar-refractivity contribution in [3.05, 3.63) is 23.3 Å². The molecule has 10 unspecified atom stereocenters. The number of hydrogen-bond donors (Lipinski definition) is 1. The van der Waals surface area contributed by atoms with Crippen molar-refractivity contribution in [1.29, 1.82) is 0 Å². The predicted octanol–water partition coefficient (Wildman–Crippen LogP) is 11.3. The number of hydrogen-bond acceptors (Lipinski definition) is 5. The van der Waals surface area contributed by atoms with Crippen LogP contribution in [-0.4, -0.2) is 34.9 Å². The highest BCUT2D eigenvalue weighted by molar-refractivity contribution is 5.92. The summed E-state index contributed by atoms with van der Waals surface area (Å²) in [5.41, 5.74) is 3.61. The van der Waals surface area contributed by atoms with Crippen LogP contribution in [-0.2, 0) is 19.1 Å². The van der Waals surface area contributed by atoms with Gasteiger partial charge in [0.05, 0.1) is 6.10 Å². The van der Waals surface area contributed by atoms with Gasteiger partial charge in [0.2, 0.25) is 0 Å². The lowest BCUT2D eigenvalue weighted by Crippen LogP contribution is -2.51. The quantitative estimate of drug-likeness (QED) is 0.267. The van der Waals surface area contributed by atoms with Gasteiger partial charge in [-0.15, -0.1) is 0 Å². The number of ketones is 2. The topological polar surface area (TPSA) is 80.7 Å². The fraction of sp³-hybridized carbons (Fsp3) is 0.848. The van der Waals surface area contributed by atoms with Crippen molar-refractivity contribution in [2.75, 3.05) is 0 Å². The van der Waals surface area contributed by atoms with E-state index in [2.05, 4.69) is 41.5 Å². The molecule has 0 spiro atoms. The van der Waals surface area contributed by atoms with Gasteiger partial charge in [-0.25, -0.2) is 0 Å². The Hall–Kier alpha value is -1.75. The number of ether oxygens (including phenoxy) is 1. The molecule has 5 heteroatoms. The fourth-order valence-electron chi connectivity index (χ4n) is 12.8. The van der Waals surface area contributed by atoms with E-state index in [1.54, 1.807) is 0 Å². The Bertz CT molecular complexity index is 1290. The van der Waals surface area contributed by atoms with Crippen LogP contribution in [0, 0.1) is 51.8 Å². The van der Waals surface area contributed by atoms with E-state index in [-0.39, 0.29) is 29.0 Å². The molecule has 5 nitrogen and oxygen atoms in total. The summed E-state index contributed by atoms with van der Waals surface area (Å²) in [5.74, 6) is 5.24. The molecule has 7 aliphatic carbocycles. The molecule has 10 atom stereocenters. The van der Waals surface area contributed by atoms with Crippen LogP contribution in [0.5, 0.6) is 0 Å². The van der Waals surface area contributed by atoms with Gasteiger partial charge in [0.25, 0.3) is 0 Å². The highest BCUT2D eigenvalue weighted by atomic mass is 16.5. The van der Waals surface area contributed by atoms with E-state index < -0.39 is 0 Å². The normalized spacial score (nSPS) is 39.4. The third-order valence-corrected chi connectivity index (χ3v) is 15.9. The maximum Gasteiger partial charge on any atom is 0.306 e. The standard InChI is InChI=1S/C27H40O3.C14H22O.C5H12O/c1-26-15-13-20(28)17-19(26)8-9-21-22-10-11-24(27(22,2)16-14-23(21)26)30-25(29)12-7-18-5-3-4-6-18;1-4-13-10(2)5-6-11-9-12(15)7-8-14(11,13)3;1-3-4-5(2)6/h17-18,21-24H,3-16H2,1-2H3;9-10,13H,4-8H2,1-3H3;5-6H,3-4H2,1-2H3. The molecule has 0 amide bonds. The van der Waals surface area contributed by atoms with Crippen molar-refractivity contribution in [3.8, 4) is 0 Å². The lowest BCUT2D eigenvalue weighted by molar-refractivity contribution is -0.160. The third-order valence-electron chi connectivity index (χ3n) is 15.9. The Morgan fingerprint density at radius 3 is 2.06 bits per heavy atom. The van der Waals surface area contributed by atoms with Gasteiger partial charge in [-0.3, -0.25) is 14.4 Å². The van der Waals surface area contributed by atoms with Crippen molar-refractivity contribution < 1.29 is 24.2 Å². The predicted molar refractivity (Wildman–Crippen MR) is 207 cm³/mol. The first kappa shape index (κ1) is 40.4. The smallest absolute Gasteiger partial charge is 0.306 e. The Balaban J connectivity index is 0.000000199. The Labute approximate surface area is 311 Å². The lowest BCUT2D eigenvalue weighted by atomic mass is 9.47. The van der Waals surface area contributed by atoms with E-state index in [0.717, 1.165) is 87.9 Å². The number of allylic oxidation sites excluding steroid dienone is 3. The first-order chi connectivity index (χ1) is 24.2. The molecular weight excluding hydrogens is 633 g/mol. The van der Waals surface area contributed by atoms with Gasteiger partial charge < -0.3 is 9.84 Å². The summed E-state index contributed by atoms with van der Waals surface area (Å²) in [7, 11) is 0. The number of aliphatic hydroxyl groups is 1. The van der Waals surface area contributed by atoms with Crippen molar-refractivity contribution in [2.24, 2.45) is 51.8 Å². The van der Waals surface area contributed by atoms with Gasteiger partial charge in [0.15, 0.2) is 11.6 Å². The maximum absolute atomic E-state index is 12.7. The minimum Gasteiger partial charge on any atom is -0.462 e. The monoisotopic (exact) mass is 707 g/mol. The maximum atomic E-state index is 12.7. The Kier molecular flexibility index (Phi) is 13.6. The average molecular weight is 707 g/mol. The molecule has 0 bridgehead atoms. The first-order valence-electron chi connectivity index (χ1n) is 21.6. The Morgan fingerprint density at radius 1 is 0.824 bits per heavy atom. The van der Waals surface area contributed by atoms with Crippen LogP contribution in [0.25, 0.3) is 0 Å². The highest BCUT2D eigenvalue weighted by Gasteiger charge is 2.60. The van der Waals surface area contributed by atoms with Crippen molar-refractivity contribution in [3.63, 3.8) is 0 Å². The molecule has 51 heavy (non-hydrogen) atoms. The van der Waals surface area contributed by atoms with E-state index in [1.165, 1.54) is 75.4 Å². The lowest BCUT2D eigenvalue weighted by Gasteiger charge is -2.57. The van der Waals surface area contributed by atoms with Gasteiger partial charge >= 0.3 is 5.97 Å². The number of esters is 1. The second-order valence-corrected chi connectivity index (χ2v) is 19.0. The molecule has 0 saturated heterocycles. The SMILES string of the molecule is CC12CCC(=O)C=C1CCC1C2CCC2(C)C(OC(=O)CCC3CCCC3)CCC12.CCC1C(C)CCC2=CC(=O)CCC21C.CCCC(C)O. The zero-order valence-corrected chi connectivity index (χ0v) is 33.7. The van der Waals surface area contributed by atoms with E-state index in [1.807, 2.05) is 19.1 Å². The van der Waals surface area contributed by atoms with E-state index in [4.69, 9.17) is 9.84 Å². The van der Waals surface area contributed by atoms with E-state index in [0.29, 0.717) is 35.2 Å². The van der Waals surface area contributed by atoms with Gasteiger partial charge in [-0.2, -0.15) is 0 Å². The fourth-order valence-corrected chi connectivity index (χ4v) is 12.8. The molecule has 0 radical (unpaired) electrons. The van der Waals surface area contributed by atoms with Crippen molar-refractivity contribution in [2.45, 2.75) is 196 Å². The van der Waals surface area contributed by atoms with Crippen molar-refractivity contribution in [1.82, 2.24) is 0 Å². The summed E-state index contributed by atoms with van der Waals surface area (Å²) in [6.45, 7) is 15.8. The molecule has 0 aromatic rings. The minimum atomic E-state index is -0.102. The largest absolute Gasteiger partial charge is 0.462 e. The van der Waals surface area contributed by atoms with Crippen LogP contribution < -0.4 is 0 Å². The molecule has 1 N–H and O–H groups in total. The van der Waals surface area contributed by atoms with Gasteiger partial charge in [0.1, 0.15) is 6.10 Å². The molecule has 0 heterocycles. The van der Waals surface area contributed by atoms with Crippen LogP contribution in [0.2, 0.25) is 0 Å². The van der Waals surface area contributed by atoms with Crippen LogP contribution >= 0.6 is 0 Å². The molecule has 288 valence electrons. The molecule has 7 aliphatic rings. The second kappa shape index (κ2) is 17.2. The molecule has 5 saturated carbocycles. The van der Waals surface area contributed by atoms with E-state index in [9.17, 15) is 14.4 Å². The van der Waals surface area contributed by atoms with Gasteiger partial charge in [-0.1, -0.05) is 91.2 Å². The number of carbonyl (C=O) groups is 3. The zero-order valence-electron chi connectivity index (χ0n) is 33.7. The number of rotatable bonds is 7. The van der Waals surface area contributed by atoms with Gasteiger partial charge in [-0.05, 0) is 142 Å². The summed E-state index contributed by atoms with van der Waals surface area (Å²) in [6.07, 6.45) is 27.2. The summed E-state index contributed by atoms with van der Waals surface area (Å²) in [6, 6.07) is 0. The highest BCUT2D eigenvalue weighted by Crippen LogP contribution is 2.65.